The number of carbonyl (C=O) groups is 1. The average Bonchev–Trinajstić information content (AvgIpc) is 2.57. The molecule has 1 rings (SSSR count). The van der Waals surface area contributed by atoms with Gasteiger partial charge >= 0.3 is 0 Å². The van der Waals surface area contributed by atoms with Gasteiger partial charge in [0.15, 0.2) is 0 Å². The molecule has 4 nitrogen and oxygen atoms in total. The molecule has 0 spiro atoms. The second kappa shape index (κ2) is 6.77. The predicted molar refractivity (Wildman–Crippen MR) is 69.5 cm³/mol. The number of Topliss-reactive ketones (excluding diaryl/α,β-unsaturated/α-hetero) is 1. The maximum Gasteiger partial charge on any atom is 0.140 e. The first-order valence-electron chi connectivity index (χ1n) is 6.04. The van der Waals surface area contributed by atoms with Gasteiger partial charge < -0.3 is 5.32 Å². The molecule has 0 saturated heterocycles. The number of hydrogen-bond donors (Lipinski definition) is 1. The minimum atomic E-state index is 0.197. The molecular weight excluding hydrogens is 238 g/mol. The first-order chi connectivity index (χ1) is 8.10. The summed E-state index contributed by atoms with van der Waals surface area (Å²) in [5.74, 6) is 0.197. The fraction of sp³-hybridized carbons (Fsp3) is 0.667. The molecule has 1 N–H and O–H groups in total. The molecule has 1 aromatic rings. The van der Waals surface area contributed by atoms with E-state index in [1.54, 1.807) is 0 Å². The van der Waals surface area contributed by atoms with Crippen LogP contribution >= 0.6 is 11.6 Å². The van der Waals surface area contributed by atoms with Crippen LogP contribution in [-0.4, -0.2) is 28.7 Å². The Bertz CT molecular complexity index is 387. The van der Waals surface area contributed by atoms with Crippen LogP contribution < -0.4 is 5.32 Å². The van der Waals surface area contributed by atoms with Gasteiger partial charge in [-0.2, -0.15) is 5.10 Å². The predicted octanol–water partition coefficient (Wildman–Crippen LogP) is 1.98. The van der Waals surface area contributed by atoms with Crippen molar-refractivity contribution in [3.05, 3.63) is 16.4 Å². The molecule has 0 radical (unpaired) electrons. The van der Waals surface area contributed by atoms with Crippen molar-refractivity contribution in [2.75, 3.05) is 13.1 Å². The molecule has 5 heteroatoms. The van der Waals surface area contributed by atoms with Crippen LogP contribution in [0.2, 0.25) is 5.02 Å². The summed E-state index contributed by atoms with van der Waals surface area (Å²) in [6, 6.07) is 0. The molecule has 0 atom stereocenters. The van der Waals surface area contributed by atoms with Crippen LogP contribution in [0.1, 0.15) is 31.7 Å². The zero-order chi connectivity index (χ0) is 12.8. The topological polar surface area (TPSA) is 46.9 Å². The molecule has 96 valence electrons. The van der Waals surface area contributed by atoms with Gasteiger partial charge in [-0.1, -0.05) is 18.5 Å². The van der Waals surface area contributed by atoms with E-state index < -0.39 is 0 Å². The van der Waals surface area contributed by atoms with Gasteiger partial charge in [0.2, 0.25) is 0 Å². The second-order valence-electron chi connectivity index (χ2n) is 3.98. The van der Waals surface area contributed by atoms with Crippen molar-refractivity contribution in [2.45, 2.75) is 40.2 Å². The van der Waals surface area contributed by atoms with Crippen molar-refractivity contribution in [1.29, 1.82) is 0 Å². The third-order valence-corrected chi connectivity index (χ3v) is 3.14. The van der Waals surface area contributed by atoms with E-state index in [1.165, 1.54) is 0 Å². The van der Waals surface area contributed by atoms with Gasteiger partial charge in [0.25, 0.3) is 0 Å². The lowest BCUT2D eigenvalue weighted by Crippen LogP contribution is -2.19. The van der Waals surface area contributed by atoms with Gasteiger partial charge in [-0.15, -0.1) is 0 Å². The number of ketones is 1. The first-order valence-corrected chi connectivity index (χ1v) is 6.42. The summed E-state index contributed by atoms with van der Waals surface area (Å²) in [5, 5.41) is 8.06. The van der Waals surface area contributed by atoms with Crippen molar-refractivity contribution in [3.8, 4) is 0 Å². The molecule has 0 aliphatic heterocycles. The second-order valence-corrected chi connectivity index (χ2v) is 4.36. The monoisotopic (exact) mass is 257 g/mol. The average molecular weight is 258 g/mol. The lowest BCUT2D eigenvalue weighted by Gasteiger charge is -2.05. The van der Waals surface area contributed by atoms with E-state index in [1.807, 2.05) is 25.5 Å². The highest BCUT2D eigenvalue weighted by molar-refractivity contribution is 6.32. The molecule has 1 aromatic heterocycles. The molecular formula is C12H20ClN3O. The van der Waals surface area contributed by atoms with E-state index in [2.05, 4.69) is 10.4 Å². The van der Waals surface area contributed by atoms with E-state index in [9.17, 15) is 4.79 Å². The Labute approximate surface area is 107 Å². The van der Waals surface area contributed by atoms with Crippen molar-refractivity contribution >= 4 is 17.4 Å². The number of aryl methyl sites for hydroxylation is 2. The quantitative estimate of drug-likeness (QED) is 0.760. The van der Waals surface area contributed by atoms with Gasteiger partial charge in [-0.3, -0.25) is 9.48 Å². The highest BCUT2D eigenvalue weighted by Gasteiger charge is 2.15. The zero-order valence-electron chi connectivity index (χ0n) is 10.7. The normalized spacial score (nSPS) is 10.8. The Hall–Kier alpha value is -0.870. The maximum absolute atomic E-state index is 11.8. The van der Waals surface area contributed by atoms with Crippen molar-refractivity contribution in [1.82, 2.24) is 15.1 Å². The Morgan fingerprint density at radius 3 is 2.76 bits per heavy atom. The zero-order valence-corrected chi connectivity index (χ0v) is 11.5. The number of halogens is 1. The number of nitrogens with one attached hydrogen (secondary N) is 1. The Kier molecular flexibility index (Phi) is 5.65. The molecule has 0 aliphatic carbocycles. The highest BCUT2D eigenvalue weighted by Crippen LogP contribution is 2.21. The molecule has 0 bridgehead atoms. The lowest BCUT2D eigenvalue weighted by molar-refractivity contribution is -0.118. The summed E-state index contributed by atoms with van der Waals surface area (Å²) in [6.45, 7) is 8.24. The molecule has 0 aromatic carbocycles. The standard InChI is InChI=1S/C12H20ClN3O/c1-4-14-7-6-10(17)8-11-12(13)9(3)15-16(11)5-2/h14H,4-8H2,1-3H3. The van der Waals surface area contributed by atoms with Crippen LogP contribution in [0.5, 0.6) is 0 Å². The summed E-state index contributed by atoms with van der Waals surface area (Å²) in [5.41, 5.74) is 1.64. The molecule has 0 fully saturated rings. The number of rotatable bonds is 7. The SMILES string of the molecule is CCNCCC(=O)Cc1c(Cl)c(C)nn1CC. The van der Waals surface area contributed by atoms with Crippen LogP contribution in [-0.2, 0) is 17.8 Å². The number of carbonyl (C=O) groups excluding carboxylic acids is 1. The fourth-order valence-electron chi connectivity index (χ4n) is 1.72. The van der Waals surface area contributed by atoms with E-state index in [0.717, 1.165) is 31.0 Å². The van der Waals surface area contributed by atoms with Crippen LogP contribution in [0, 0.1) is 6.92 Å². The largest absolute Gasteiger partial charge is 0.317 e. The molecule has 0 unspecified atom stereocenters. The fourth-order valence-corrected chi connectivity index (χ4v) is 1.92. The van der Waals surface area contributed by atoms with Crippen molar-refractivity contribution < 1.29 is 4.79 Å². The van der Waals surface area contributed by atoms with E-state index >= 15 is 0 Å². The van der Waals surface area contributed by atoms with Gasteiger partial charge in [-0.25, -0.2) is 0 Å². The summed E-state index contributed by atoms with van der Waals surface area (Å²) < 4.78 is 1.81. The number of hydrogen-bond acceptors (Lipinski definition) is 3. The smallest absolute Gasteiger partial charge is 0.140 e. The summed E-state index contributed by atoms with van der Waals surface area (Å²) in [6.07, 6.45) is 0.914. The molecule has 17 heavy (non-hydrogen) atoms. The van der Waals surface area contributed by atoms with Gasteiger partial charge in [-0.05, 0) is 20.4 Å². The van der Waals surface area contributed by atoms with Crippen LogP contribution in [0.3, 0.4) is 0 Å². The Balaban J connectivity index is 2.64. The molecule has 1 heterocycles. The highest BCUT2D eigenvalue weighted by atomic mass is 35.5. The number of nitrogens with zero attached hydrogens (tertiary/aromatic N) is 2. The summed E-state index contributed by atoms with van der Waals surface area (Å²) in [7, 11) is 0. The van der Waals surface area contributed by atoms with Crippen LogP contribution in [0.15, 0.2) is 0 Å². The van der Waals surface area contributed by atoms with Crippen molar-refractivity contribution in [2.24, 2.45) is 0 Å². The van der Waals surface area contributed by atoms with E-state index in [-0.39, 0.29) is 5.78 Å². The molecule has 0 amide bonds. The van der Waals surface area contributed by atoms with Crippen LogP contribution in [0.4, 0.5) is 0 Å². The van der Waals surface area contributed by atoms with Crippen LogP contribution in [0.25, 0.3) is 0 Å². The minimum absolute atomic E-state index is 0.197. The Morgan fingerprint density at radius 2 is 2.18 bits per heavy atom. The third-order valence-electron chi connectivity index (χ3n) is 2.65. The Morgan fingerprint density at radius 1 is 1.47 bits per heavy atom. The van der Waals surface area contributed by atoms with Gasteiger partial charge in [0.1, 0.15) is 5.78 Å². The third kappa shape index (κ3) is 3.82. The summed E-state index contributed by atoms with van der Waals surface area (Å²) in [4.78, 5) is 11.8. The molecule has 0 aliphatic rings. The van der Waals surface area contributed by atoms with Crippen molar-refractivity contribution in [3.63, 3.8) is 0 Å². The lowest BCUT2D eigenvalue weighted by atomic mass is 10.1. The van der Waals surface area contributed by atoms with E-state index in [0.29, 0.717) is 17.9 Å². The van der Waals surface area contributed by atoms with E-state index in [4.69, 9.17) is 11.6 Å². The maximum atomic E-state index is 11.8. The minimum Gasteiger partial charge on any atom is -0.317 e. The first kappa shape index (κ1) is 14.2. The van der Waals surface area contributed by atoms with Gasteiger partial charge in [0, 0.05) is 25.9 Å². The molecule has 0 saturated carbocycles. The van der Waals surface area contributed by atoms with Gasteiger partial charge in [0.05, 0.1) is 16.4 Å². The number of aromatic nitrogens is 2. The summed E-state index contributed by atoms with van der Waals surface area (Å²) >= 11 is 6.15.